The van der Waals surface area contributed by atoms with E-state index in [1.54, 1.807) is 6.07 Å². The summed E-state index contributed by atoms with van der Waals surface area (Å²) in [6.07, 6.45) is 0.312. The van der Waals surface area contributed by atoms with Crippen LogP contribution in [-0.4, -0.2) is 50.7 Å². The third-order valence-electron chi connectivity index (χ3n) is 4.60. The fourth-order valence-corrected chi connectivity index (χ4v) is 4.66. The van der Waals surface area contributed by atoms with E-state index in [4.69, 9.17) is 4.74 Å². The molecule has 1 fully saturated rings. The summed E-state index contributed by atoms with van der Waals surface area (Å²) < 4.78 is 34.0. The van der Waals surface area contributed by atoms with Crippen LogP contribution in [0.25, 0.3) is 0 Å². The zero-order valence-electron chi connectivity index (χ0n) is 15.6. The highest BCUT2D eigenvalue weighted by Gasteiger charge is 2.34. The first-order chi connectivity index (χ1) is 11.0. The number of hydrogen-bond donors (Lipinski definition) is 1. The highest BCUT2D eigenvalue weighted by molar-refractivity contribution is 7.89. The molecule has 0 aliphatic carbocycles. The Balaban J connectivity index is 2.11. The summed E-state index contributed by atoms with van der Waals surface area (Å²) in [4.78, 5) is 2.67. The van der Waals surface area contributed by atoms with Crippen LogP contribution in [0.15, 0.2) is 23.1 Å². The summed E-state index contributed by atoms with van der Waals surface area (Å²) in [5.41, 5.74) is 1.42. The Labute approximate surface area is 146 Å². The molecule has 0 radical (unpaired) electrons. The molecule has 1 saturated heterocycles. The van der Waals surface area contributed by atoms with E-state index in [-0.39, 0.29) is 17.7 Å². The minimum absolute atomic E-state index is 0.156. The SMILES string of the molecule is Cc1ccc(C)c(S(=O)(=O)NCC(C)(C)N2C[C@@H](C)O[C@@H](C)C2)c1. The van der Waals surface area contributed by atoms with Crippen molar-refractivity contribution >= 4 is 10.0 Å². The summed E-state index contributed by atoms with van der Waals surface area (Å²) in [5, 5.41) is 0. The maximum absolute atomic E-state index is 12.7. The highest BCUT2D eigenvalue weighted by atomic mass is 32.2. The lowest BCUT2D eigenvalue weighted by Crippen LogP contribution is -2.58. The fourth-order valence-electron chi connectivity index (χ4n) is 3.13. The molecule has 136 valence electrons. The molecule has 0 spiro atoms. The molecule has 0 unspecified atom stereocenters. The average Bonchev–Trinajstić information content (AvgIpc) is 2.47. The molecule has 0 amide bonds. The third-order valence-corrected chi connectivity index (χ3v) is 6.15. The van der Waals surface area contributed by atoms with Crippen molar-refractivity contribution in [2.45, 2.75) is 64.2 Å². The number of morpholine rings is 1. The molecule has 0 saturated carbocycles. The van der Waals surface area contributed by atoms with Crippen LogP contribution in [0.1, 0.15) is 38.8 Å². The van der Waals surface area contributed by atoms with E-state index >= 15 is 0 Å². The summed E-state index contributed by atoms with van der Waals surface area (Å²) in [6.45, 7) is 14.0. The zero-order chi connectivity index (χ0) is 18.1. The molecule has 24 heavy (non-hydrogen) atoms. The van der Waals surface area contributed by atoms with Gasteiger partial charge in [0.15, 0.2) is 0 Å². The van der Waals surface area contributed by atoms with Gasteiger partial charge in [-0.25, -0.2) is 13.1 Å². The number of hydrogen-bond acceptors (Lipinski definition) is 4. The molecule has 0 bridgehead atoms. The van der Waals surface area contributed by atoms with E-state index < -0.39 is 10.0 Å². The van der Waals surface area contributed by atoms with Gasteiger partial charge in [0.25, 0.3) is 0 Å². The van der Waals surface area contributed by atoms with Crippen molar-refractivity contribution in [2.75, 3.05) is 19.6 Å². The summed E-state index contributed by atoms with van der Waals surface area (Å²) >= 11 is 0. The van der Waals surface area contributed by atoms with Gasteiger partial charge in [-0.15, -0.1) is 0 Å². The summed E-state index contributed by atoms with van der Waals surface area (Å²) in [6, 6.07) is 5.50. The summed E-state index contributed by atoms with van der Waals surface area (Å²) in [5.74, 6) is 0. The minimum Gasteiger partial charge on any atom is -0.373 e. The van der Waals surface area contributed by atoms with Crippen LogP contribution < -0.4 is 4.72 Å². The molecule has 2 atom stereocenters. The molecular weight excluding hydrogens is 324 g/mol. The predicted octanol–water partition coefficient (Wildman–Crippen LogP) is 2.47. The molecule has 1 aliphatic heterocycles. The molecule has 5 nitrogen and oxygen atoms in total. The topological polar surface area (TPSA) is 58.6 Å². The van der Waals surface area contributed by atoms with Crippen molar-refractivity contribution in [3.05, 3.63) is 29.3 Å². The van der Waals surface area contributed by atoms with Gasteiger partial charge in [-0.2, -0.15) is 0 Å². The molecule has 6 heteroatoms. The lowest BCUT2D eigenvalue weighted by atomic mass is 10.0. The van der Waals surface area contributed by atoms with Gasteiger partial charge in [0.05, 0.1) is 17.1 Å². The molecule has 1 aliphatic rings. The predicted molar refractivity (Wildman–Crippen MR) is 96.8 cm³/mol. The normalized spacial score (nSPS) is 23.4. The van der Waals surface area contributed by atoms with Crippen molar-refractivity contribution in [1.29, 1.82) is 0 Å². The van der Waals surface area contributed by atoms with Gasteiger partial charge in [-0.05, 0) is 58.7 Å². The number of nitrogens with zero attached hydrogens (tertiary/aromatic N) is 1. The maximum Gasteiger partial charge on any atom is 0.240 e. The van der Waals surface area contributed by atoms with Crippen LogP contribution in [-0.2, 0) is 14.8 Å². The number of rotatable bonds is 5. The second kappa shape index (κ2) is 7.12. The number of sulfonamides is 1. The van der Waals surface area contributed by atoms with Gasteiger partial charge >= 0.3 is 0 Å². The van der Waals surface area contributed by atoms with Crippen LogP contribution in [0.5, 0.6) is 0 Å². The summed E-state index contributed by atoms with van der Waals surface area (Å²) in [7, 11) is -3.52. The third kappa shape index (κ3) is 4.57. The fraction of sp³-hybridized carbons (Fsp3) is 0.667. The van der Waals surface area contributed by atoms with Crippen LogP contribution in [0.2, 0.25) is 0 Å². The Hall–Kier alpha value is -0.950. The molecule has 1 aromatic carbocycles. The highest BCUT2D eigenvalue weighted by Crippen LogP contribution is 2.22. The monoisotopic (exact) mass is 354 g/mol. The number of ether oxygens (including phenoxy) is 1. The number of nitrogens with one attached hydrogen (secondary N) is 1. The second-order valence-electron chi connectivity index (χ2n) is 7.57. The molecule has 2 rings (SSSR count). The first-order valence-electron chi connectivity index (χ1n) is 8.49. The Morgan fingerprint density at radius 3 is 2.38 bits per heavy atom. The van der Waals surface area contributed by atoms with Crippen molar-refractivity contribution in [3.63, 3.8) is 0 Å². The minimum atomic E-state index is -3.52. The van der Waals surface area contributed by atoms with E-state index in [2.05, 4.69) is 37.3 Å². The van der Waals surface area contributed by atoms with E-state index in [1.165, 1.54) is 0 Å². The maximum atomic E-state index is 12.7. The van der Waals surface area contributed by atoms with Crippen LogP contribution >= 0.6 is 0 Å². The van der Waals surface area contributed by atoms with E-state index in [1.807, 2.05) is 26.0 Å². The van der Waals surface area contributed by atoms with Crippen molar-refractivity contribution < 1.29 is 13.2 Å². The van der Waals surface area contributed by atoms with Gasteiger partial charge in [-0.1, -0.05) is 12.1 Å². The Morgan fingerprint density at radius 1 is 1.21 bits per heavy atom. The average molecular weight is 355 g/mol. The van der Waals surface area contributed by atoms with Crippen LogP contribution in [0.3, 0.4) is 0 Å². The molecule has 0 aromatic heterocycles. The smallest absolute Gasteiger partial charge is 0.240 e. The van der Waals surface area contributed by atoms with E-state index in [9.17, 15) is 8.42 Å². The quantitative estimate of drug-likeness (QED) is 0.882. The van der Waals surface area contributed by atoms with Gasteiger partial charge in [-0.3, -0.25) is 4.90 Å². The Bertz CT molecular complexity index is 676. The van der Waals surface area contributed by atoms with Gasteiger partial charge in [0, 0.05) is 25.2 Å². The molecular formula is C18H30N2O3S. The Morgan fingerprint density at radius 2 is 1.79 bits per heavy atom. The molecule has 1 heterocycles. The molecule has 1 aromatic rings. The lowest BCUT2D eigenvalue weighted by molar-refractivity contribution is -0.0945. The lowest BCUT2D eigenvalue weighted by Gasteiger charge is -2.45. The van der Waals surface area contributed by atoms with Crippen molar-refractivity contribution in [2.24, 2.45) is 0 Å². The van der Waals surface area contributed by atoms with Crippen molar-refractivity contribution in [3.8, 4) is 0 Å². The van der Waals surface area contributed by atoms with Gasteiger partial charge < -0.3 is 4.74 Å². The first-order valence-corrected chi connectivity index (χ1v) is 9.97. The van der Waals surface area contributed by atoms with Crippen LogP contribution in [0, 0.1) is 13.8 Å². The van der Waals surface area contributed by atoms with Gasteiger partial charge in [0.1, 0.15) is 0 Å². The van der Waals surface area contributed by atoms with Crippen LogP contribution in [0.4, 0.5) is 0 Å². The Kier molecular flexibility index (Phi) is 5.75. The standard InChI is InChI=1S/C18H30N2O3S/c1-13-7-8-14(2)17(9-13)24(21,22)19-12-18(5,6)20-10-15(3)23-16(4)11-20/h7-9,15-16,19H,10-12H2,1-6H3/t15-,16+. The van der Waals surface area contributed by atoms with E-state index in [0.717, 1.165) is 24.2 Å². The second-order valence-corrected chi connectivity index (χ2v) is 9.30. The largest absolute Gasteiger partial charge is 0.373 e. The zero-order valence-corrected chi connectivity index (χ0v) is 16.4. The first kappa shape index (κ1) is 19.4. The van der Waals surface area contributed by atoms with E-state index in [0.29, 0.717) is 11.4 Å². The number of benzene rings is 1. The number of aryl methyl sites for hydroxylation is 2. The van der Waals surface area contributed by atoms with Crippen molar-refractivity contribution in [1.82, 2.24) is 9.62 Å². The molecule has 1 N–H and O–H groups in total. The van der Waals surface area contributed by atoms with Gasteiger partial charge in [0.2, 0.25) is 10.0 Å².